The van der Waals surface area contributed by atoms with E-state index in [9.17, 15) is 13.6 Å². The van der Waals surface area contributed by atoms with Crippen molar-refractivity contribution in [3.63, 3.8) is 0 Å². The van der Waals surface area contributed by atoms with Gasteiger partial charge in [-0.05, 0) is 41.0 Å². The van der Waals surface area contributed by atoms with Crippen LogP contribution in [0.4, 0.5) is 8.78 Å². The van der Waals surface area contributed by atoms with E-state index in [-0.39, 0.29) is 17.4 Å². The minimum Gasteiger partial charge on any atom is -0.493 e. The Kier molecular flexibility index (Phi) is 7.15. The predicted octanol–water partition coefficient (Wildman–Crippen LogP) is 3.87. The van der Waals surface area contributed by atoms with Crippen LogP contribution in [-0.2, 0) is 17.9 Å². The van der Waals surface area contributed by atoms with Crippen LogP contribution in [0.5, 0.6) is 11.5 Å². The van der Waals surface area contributed by atoms with Crippen molar-refractivity contribution in [1.29, 1.82) is 0 Å². The Morgan fingerprint density at radius 2 is 1.97 bits per heavy atom. The zero-order chi connectivity index (χ0) is 21.3. The Hall–Kier alpha value is -3.68. The lowest BCUT2D eigenvalue weighted by Crippen LogP contribution is -2.21. The number of aromatic nitrogens is 2. The number of rotatable bonds is 9. The van der Waals surface area contributed by atoms with Gasteiger partial charge >= 0.3 is 6.61 Å². The number of benzene rings is 2. The Balaban J connectivity index is 1.60. The number of methoxy groups -OCH3 is 1. The first kappa shape index (κ1) is 21.0. The molecule has 6 nitrogen and oxygen atoms in total. The second-order valence-corrected chi connectivity index (χ2v) is 6.31. The number of nitrogens with zero attached hydrogens (tertiary/aromatic N) is 2. The summed E-state index contributed by atoms with van der Waals surface area (Å²) < 4.78 is 36.1. The number of halogens is 2. The average Bonchev–Trinajstić information content (AvgIpc) is 3.25. The van der Waals surface area contributed by atoms with Gasteiger partial charge in [0.05, 0.1) is 13.7 Å². The standard InChI is InChI=1S/C22H21F2N3O3/c1-29-20-13-16(7-9-19(20)30-22(23)24)8-10-21(28)25-14-17-5-2-3-6-18(17)15-27-12-4-11-26-27/h2-13,22H,14-15H2,1H3,(H,25,28)/b10-8+. The lowest BCUT2D eigenvalue weighted by molar-refractivity contribution is -0.116. The molecule has 0 aliphatic heterocycles. The van der Waals surface area contributed by atoms with E-state index in [1.165, 1.54) is 25.3 Å². The molecular weight excluding hydrogens is 392 g/mol. The van der Waals surface area contributed by atoms with Crippen molar-refractivity contribution < 1.29 is 23.0 Å². The van der Waals surface area contributed by atoms with Crippen molar-refractivity contribution in [1.82, 2.24) is 15.1 Å². The third-order valence-corrected chi connectivity index (χ3v) is 4.29. The molecule has 0 bridgehead atoms. The normalized spacial score (nSPS) is 11.1. The van der Waals surface area contributed by atoms with Gasteiger partial charge in [-0.1, -0.05) is 30.3 Å². The number of nitrogens with one attached hydrogen (secondary N) is 1. The first-order chi connectivity index (χ1) is 14.5. The maximum Gasteiger partial charge on any atom is 0.387 e. The number of carbonyl (C=O) groups is 1. The number of hydrogen-bond donors (Lipinski definition) is 1. The smallest absolute Gasteiger partial charge is 0.387 e. The van der Waals surface area contributed by atoms with E-state index in [0.717, 1.165) is 11.1 Å². The summed E-state index contributed by atoms with van der Waals surface area (Å²) in [7, 11) is 1.36. The van der Waals surface area contributed by atoms with E-state index in [2.05, 4.69) is 15.2 Å². The summed E-state index contributed by atoms with van der Waals surface area (Å²) in [5, 5.41) is 7.05. The van der Waals surface area contributed by atoms with Gasteiger partial charge in [-0.2, -0.15) is 13.9 Å². The van der Waals surface area contributed by atoms with E-state index in [4.69, 9.17) is 4.74 Å². The van der Waals surface area contributed by atoms with Crippen molar-refractivity contribution in [2.75, 3.05) is 7.11 Å². The van der Waals surface area contributed by atoms with Crippen LogP contribution in [0.15, 0.2) is 67.0 Å². The fourth-order valence-corrected chi connectivity index (χ4v) is 2.85. The second kappa shape index (κ2) is 10.2. The van der Waals surface area contributed by atoms with E-state index in [1.54, 1.807) is 18.3 Å². The summed E-state index contributed by atoms with van der Waals surface area (Å²) in [6.07, 6.45) is 6.54. The molecule has 8 heteroatoms. The fraction of sp³-hybridized carbons (Fsp3) is 0.182. The Morgan fingerprint density at radius 1 is 1.17 bits per heavy atom. The van der Waals surface area contributed by atoms with Gasteiger partial charge in [0.25, 0.3) is 0 Å². The van der Waals surface area contributed by atoms with E-state index in [1.807, 2.05) is 41.2 Å². The van der Waals surface area contributed by atoms with Crippen molar-refractivity contribution in [2.24, 2.45) is 0 Å². The number of alkyl halides is 2. The minimum absolute atomic E-state index is 0.0668. The van der Waals surface area contributed by atoms with Crippen LogP contribution in [0.3, 0.4) is 0 Å². The molecule has 0 radical (unpaired) electrons. The molecule has 2 aromatic carbocycles. The molecule has 0 saturated heterocycles. The maximum absolute atomic E-state index is 12.4. The van der Waals surface area contributed by atoms with Gasteiger partial charge in [0.15, 0.2) is 11.5 Å². The van der Waals surface area contributed by atoms with E-state index >= 15 is 0 Å². The minimum atomic E-state index is -2.94. The summed E-state index contributed by atoms with van der Waals surface area (Å²) in [6, 6.07) is 14.1. The Morgan fingerprint density at radius 3 is 2.67 bits per heavy atom. The molecule has 156 valence electrons. The summed E-state index contributed by atoms with van der Waals surface area (Å²) in [6.45, 7) is -1.96. The molecule has 3 aromatic rings. The molecule has 1 amide bonds. The van der Waals surface area contributed by atoms with Crippen molar-refractivity contribution in [3.8, 4) is 11.5 Å². The average molecular weight is 413 g/mol. The molecule has 3 rings (SSSR count). The molecule has 30 heavy (non-hydrogen) atoms. The van der Waals surface area contributed by atoms with Gasteiger partial charge in [-0.25, -0.2) is 0 Å². The highest BCUT2D eigenvalue weighted by Gasteiger charge is 2.10. The number of amides is 1. The highest BCUT2D eigenvalue weighted by atomic mass is 19.3. The van der Waals surface area contributed by atoms with Crippen LogP contribution < -0.4 is 14.8 Å². The van der Waals surface area contributed by atoms with Crippen molar-refractivity contribution in [3.05, 3.63) is 83.7 Å². The van der Waals surface area contributed by atoms with E-state index < -0.39 is 6.61 Å². The molecule has 0 fully saturated rings. The highest BCUT2D eigenvalue weighted by molar-refractivity contribution is 5.91. The topological polar surface area (TPSA) is 65.4 Å². The third-order valence-electron chi connectivity index (χ3n) is 4.29. The van der Waals surface area contributed by atoms with Crippen LogP contribution in [-0.4, -0.2) is 29.4 Å². The van der Waals surface area contributed by atoms with Crippen LogP contribution in [0.1, 0.15) is 16.7 Å². The third kappa shape index (κ3) is 5.91. The maximum atomic E-state index is 12.4. The first-order valence-electron chi connectivity index (χ1n) is 9.18. The van der Waals surface area contributed by atoms with Gasteiger partial charge in [0.2, 0.25) is 5.91 Å². The zero-order valence-corrected chi connectivity index (χ0v) is 16.3. The summed E-state index contributed by atoms with van der Waals surface area (Å²) in [4.78, 5) is 12.2. The molecule has 1 aromatic heterocycles. The number of carbonyl (C=O) groups excluding carboxylic acids is 1. The monoisotopic (exact) mass is 413 g/mol. The predicted molar refractivity (Wildman–Crippen MR) is 108 cm³/mol. The number of ether oxygens (including phenoxy) is 2. The van der Waals surface area contributed by atoms with Gasteiger partial charge in [-0.15, -0.1) is 0 Å². The van der Waals surface area contributed by atoms with Crippen LogP contribution in [0.2, 0.25) is 0 Å². The molecular formula is C22H21F2N3O3. The summed E-state index contributed by atoms with van der Waals surface area (Å²) >= 11 is 0. The lowest BCUT2D eigenvalue weighted by Gasteiger charge is -2.10. The van der Waals surface area contributed by atoms with Gasteiger partial charge in [-0.3, -0.25) is 9.48 Å². The quantitative estimate of drug-likeness (QED) is 0.541. The van der Waals surface area contributed by atoms with Crippen molar-refractivity contribution >= 4 is 12.0 Å². The molecule has 1 N–H and O–H groups in total. The summed E-state index contributed by atoms with van der Waals surface area (Å²) in [5.41, 5.74) is 2.66. The highest BCUT2D eigenvalue weighted by Crippen LogP contribution is 2.29. The Labute approximate surface area is 172 Å². The first-order valence-corrected chi connectivity index (χ1v) is 9.18. The number of hydrogen-bond acceptors (Lipinski definition) is 4. The van der Waals surface area contributed by atoms with Crippen LogP contribution in [0.25, 0.3) is 6.08 Å². The fourth-order valence-electron chi connectivity index (χ4n) is 2.85. The van der Waals surface area contributed by atoms with Gasteiger partial charge < -0.3 is 14.8 Å². The summed E-state index contributed by atoms with van der Waals surface area (Å²) in [5.74, 6) is -0.191. The SMILES string of the molecule is COc1cc(/C=C/C(=O)NCc2ccccc2Cn2cccn2)ccc1OC(F)F. The molecule has 1 heterocycles. The lowest BCUT2D eigenvalue weighted by atomic mass is 10.1. The molecule has 0 spiro atoms. The largest absolute Gasteiger partial charge is 0.493 e. The zero-order valence-electron chi connectivity index (χ0n) is 16.3. The molecule has 0 saturated carbocycles. The Bertz CT molecular complexity index is 1000. The van der Waals surface area contributed by atoms with E-state index in [0.29, 0.717) is 18.7 Å². The second-order valence-electron chi connectivity index (χ2n) is 6.31. The molecule has 0 aliphatic rings. The van der Waals surface area contributed by atoms with Crippen molar-refractivity contribution in [2.45, 2.75) is 19.7 Å². The van der Waals surface area contributed by atoms with Crippen LogP contribution >= 0.6 is 0 Å². The molecule has 0 unspecified atom stereocenters. The van der Waals surface area contributed by atoms with Gasteiger partial charge in [0, 0.05) is 25.0 Å². The molecule has 0 atom stereocenters. The van der Waals surface area contributed by atoms with Crippen LogP contribution in [0, 0.1) is 0 Å². The molecule has 0 aliphatic carbocycles. The van der Waals surface area contributed by atoms with Gasteiger partial charge in [0.1, 0.15) is 0 Å².